The second-order valence-electron chi connectivity index (χ2n) is 5.58. The van der Waals surface area contributed by atoms with Crippen LogP contribution in [0.3, 0.4) is 0 Å². The highest BCUT2D eigenvalue weighted by Gasteiger charge is 2.24. The van der Waals surface area contributed by atoms with E-state index in [1.54, 1.807) is 11.3 Å². The lowest BCUT2D eigenvalue weighted by Crippen LogP contribution is -2.36. The fourth-order valence-corrected chi connectivity index (χ4v) is 3.80. The van der Waals surface area contributed by atoms with Gasteiger partial charge < -0.3 is 10.2 Å². The summed E-state index contributed by atoms with van der Waals surface area (Å²) < 4.78 is 2.25. The van der Waals surface area contributed by atoms with E-state index in [4.69, 9.17) is 4.98 Å². The Labute approximate surface area is 124 Å². The van der Waals surface area contributed by atoms with Gasteiger partial charge in [-0.25, -0.2) is 4.98 Å². The van der Waals surface area contributed by atoms with Crippen molar-refractivity contribution in [2.75, 3.05) is 24.5 Å². The quantitative estimate of drug-likeness (QED) is 0.919. The third kappa shape index (κ3) is 2.56. The van der Waals surface area contributed by atoms with Crippen molar-refractivity contribution >= 4 is 22.1 Å². The predicted octanol–water partition coefficient (Wildman–Crippen LogP) is 3.13. The van der Waals surface area contributed by atoms with Crippen LogP contribution in [0.1, 0.15) is 38.8 Å². The van der Waals surface area contributed by atoms with Gasteiger partial charge in [-0.1, -0.05) is 20.3 Å². The number of rotatable bonds is 5. The predicted molar refractivity (Wildman–Crippen MR) is 85.7 cm³/mol. The lowest BCUT2D eigenvalue weighted by Gasteiger charge is -2.33. The first kappa shape index (κ1) is 13.9. The van der Waals surface area contributed by atoms with Crippen LogP contribution in [-0.2, 0) is 6.54 Å². The van der Waals surface area contributed by atoms with Gasteiger partial charge >= 0.3 is 0 Å². The highest BCUT2D eigenvalue weighted by Crippen LogP contribution is 2.29. The van der Waals surface area contributed by atoms with Crippen molar-refractivity contribution in [1.82, 2.24) is 14.7 Å². The zero-order chi connectivity index (χ0) is 13.9. The molecule has 3 rings (SSSR count). The molecule has 2 aromatic heterocycles. The Morgan fingerprint density at radius 3 is 3.15 bits per heavy atom. The zero-order valence-corrected chi connectivity index (χ0v) is 13.2. The Balaban J connectivity index is 1.90. The molecule has 1 N–H and O–H groups in total. The van der Waals surface area contributed by atoms with Crippen LogP contribution in [0, 0.1) is 5.92 Å². The molecule has 1 aliphatic rings. The number of thiazole rings is 1. The second-order valence-corrected chi connectivity index (χ2v) is 6.45. The monoisotopic (exact) mass is 292 g/mol. The van der Waals surface area contributed by atoms with Crippen LogP contribution in [0.5, 0.6) is 0 Å². The fraction of sp³-hybridized carbons (Fsp3) is 0.667. The summed E-state index contributed by atoms with van der Waals surface area (Å²) in [6.07, 6.45) is 6.09. The minimum Gasteiger partial charge on any atom is -0.355 e. The first-order chi connectivity index (χ1) is 9.83. The van der Waals surface area contributed by atoms with Gasteiger partial charge in [0, 0.05) is 31.2 Å². The molecular weight excluding hydrogens is 268 g/mol. The van der Waals surface area contributed by atoms with Crippen LogP contribution in [0.25, 0.3) is 4.96 Å². The topological polar surface area (TPSA) is 32.6 Å². The van der Waals surface area contributed by atoms with E-state index in [9.17, 15) is 0 Å². The van der Waals surface area contributed by atoms with Crippen molar-refractivity contribution in [2.45, 2.75) is 39.7 Å². The molecule has 0 bridgehead atoms. The Hall–Kier alpha value is -1.07. The number of anilines is 1. The molecule has 1 atom stereocenters. The Bertz CT molecular complexity index is 559. The van der Waals surface area contributed by atoms with Gasteiger partial charge in [-0.15, -0.1) is 11.3 Å². The Morgan fingerprint density at radius 1 is 1.45 bits per heavy atom. The average molecular weight is 292 g/mol. The summed E-state index contributed by atoms with van der Waals surface area (Å²) >= 11 is 1.72. The van der Waals surface area contributed by atoms with Crippen molar-refractivity contribution in [2.24, 2.45) is 5.92 Å². The average Bonchev–Trinajstić information content (AvgIpc) is 3.06. The highest BCUT2D eigenvalue weighted by molar-refractivity contribution is 7.15. The largest absolute Gasteiger partial charge is 0.355 e. The maximum Gasteiger partial charge on any atom is 0.195 e. The van der Waals surface area contributed by atoms with Crippen LogP contribution in [0.15, 0.2) is 11.6 Å². The van der Waals surface area contributed by atoms with Gasteiger partial charge in [0.25, 0.3) is 0 Å². The first-order valence-corrected chi connectivity index (χ1v) is 8.61. The summed E-state index contributed by atoms with van der Waals surface area (Å²) in [5.41, 5.74) is 1.32. The standard InChI is InChI=1S/C15H24N4S/c1-3-12-6-5-7-18(11-12)14-13(10-16-4-2)19-8-9-20-15(19)17-14/h8-9,12,16H,3-7,10-11H2,1-2H3. The fourth-order valence-electron chi connectivity index (χ4n) is 3.07. The SMILES string of the molecule is CCNCc1c(N2CCCC(CC)C2)nc2sccn12. The van der Waals surface area contributed by atoms with Crippen molar-refractivity contribution in [1.29, 1.82) is 0 Å². The number of hydrogen-bond donors (Lipinski definition) is 1. The van der Waals surface area contributed by atoms with Crippen molar-refractivity contribution in [3.05, 3.63) is 17.3 Å². The van der Waals surface area contributed by atoms with Gasteiger partial charge in [0.15, 0.2) is 10.8 Å². The minimum atomic E-state index is 0.829. The van der Waals surface area contributed by atoms with E-state index < -0.39 is 0 Å². The molecule has 0 spiro atoms. The minimum absolute atomic E-state index is 0.829. The summed E-state index contributed by atoms with van der Waals surface area (Å²) in [4.78, 5) is 8.51. The van der Waals surface area contributed by atoms with E-state index in [0.717, 1.165) is 30.5 Å². The third-order valence-corrected chi connectivity index (χ3v) is 5.03. The molecule has 1 unspecified atom stereocenters. The van der Waals surface area contributed by atoms with E-state index in [1.807, 2.05) is 0 Å². The number of imidazole rings is 1. The molecule has 1 aliphatic heterocycles. The number of hydrogen-bond acceptors (Lipinski definition) is 4. The van der Waals surface area contributed by atoms with E-state index in [1.165, 1.54) is 37.3 Å². The third-order valence-electron chi connectivity index (χ3n) is 4.28. The Morgan fingerprint density at radius 2 is 2.35 bits per heavy atom. The van der Waals surface area contributed by atoms with Gasteiger partial charge in [0.1, 0.15) is 0 Å². The van der Waals surface area contributed by atoms with Gasteiger partial charge in [0.05, 0.1) is 5.69 Å². The molecule has 0 radical (unpaired) electrons. The first-order valence-electron chi connectivity index (χ1n) is 7.73. The molecule has 4 nitrogen and oxygen atoms in total. The van der Waals surface area contributed by atoms with Gasteiger partial charge in [0.2, 0.25) is 0 Å². The van der Waals surface area contributed by atoms with Crippen LogP contribution in [0.4, 0.5) is 5.82 Å². The van der Waals surface area contributed by atoms with Crippen LogP contribution >= 0.6 is 11.3 Å². The Kier molecular flexibility index (Phi) is 4.27. The number of aromatic nitrogens is 2. The molecule has 110 valence electrons. The molecule has 20 heavy (non-hydrogen) atoms. The number of nitrogens with one attached hydrogen (secondary N) is 1. The molecule has 1 saturated heterocycles. The summed E-state index contributed by atoms with van der Waals surface area (Å²) in [6.45, 7) is 8.67. The maximum absolute atomic E-state index is 4.89. The molecule has 3 heterocycles. The lowest BCUT2D eigenvalue weighted by molar-refractivity contribution is 0.402. The van der Waals surface area contributed by atoms with Crippen LogP contribution in [-0.4, -0.2) is 29.0 Å². The summed E-state index contributed by atoms with van der Waals surface area (Å²) in [6, 6.07) is 0. The lowest BCUT2D eigenvalue weighted by atomic mass is 9.95. The summed E-state index contributed by atoms with van der Waals surface area (Å²) in [5, 5.41) is 5.57. The summed E-state index contributed by atoms with van der Waals surface area (Å²) in [5.74, 6) is 2.03. The van der Waals surface area contributed by atoms with Gasteiger partial charge in [-0.05, 0) is 25.3 Å². The molecular formula is C15H24N4S. The van der Waals surface area contributed by atoms with Gasteiger partial charge in [-0.2, -0.15) is 0 Å². The van der Waals surface area contributed by atoms with Crippen molar-refractivity contribution in [3.63, 3.8) is 0 Å². The number of fused-ring (bicyclic) bond motifs is 1. The normalized spacial score (nSPS) is 19.9. The smallest absolute Gasteiger partial charge is 0.195 e. The van der Waals surface area contributed by atoms with Crippen molar-refractivity contribution < 1.29 is 0 Å². The zero-order valence-electron chi connectivity index (χ0n) is 12.4. The molecule has 0 aliphatic carbocycles. The molecule has 5 heteroatoms. The molecule has 0 aromatic carbocycles. The van der Waals surface area contributed by atoms with Crippen molar-refractivity contribution in [3.8, 4) is 0 Å². The maximum atomic E-state index is 4.89. The molecule has 0 saturated carbocycles. The van der Waals surface area contributed by atoms with E-state index in [0.29, 0.717) is 0 Å². The molecule has 2 aromatic rings. The van der Waals surface area contributed by atoms with E-state index in [2.05, 4.69) is 40.0 Å². The number of nitrogens with zero attached hydrogens (tertiary/aromatic N) is 3. The molecule has 0 amide bonds. The second kappa shape index (κ2) is 6.14. The number of piperidine rings is 1. The van der Waals surface area contributed by atoms with Crippen LogP contribution < -0.4 is 10.2 Å². The van der Waals surface area contributed by atoms with E-state index >= 15 is 0 Å². The highest BCUT2D eigenvalue weighted by atomic mass is 32.1. The van der Waals surface area contributed by atoms with Gasteiger partial charge in [-0.3, -0.25) is 4.40 Å². The van der Waals surface area contributed by atoms with Crippen LogP contribution in [0.2, 0.25) is 0 Å². The molecule has 1 fully saturated rings. The summed E-state index contributed by atoms with van der Waals surface area (Å²) in [7, 11) is 0. The van der Waals surface area contributed by atoms with E-state index in [-0.39, 0.29) is 0 Å².